The first-order chi connectivity index (χ1) is 5.01. The lowest BCUT2D eigenvalue weighted by Crippen LogP contribution is -2.30. The van der Waals surface area contributed by atoms with Gasteiger partial charge in [-0.3, -0.25) is 4.90 Å². The van der Waals surface area contributed by atoms with Crippen LogP contribution in [-0.2, 0) is 4.74 Å². The molecular weight excluding hydrogens is 138 g/mol. The normalized spacial score (nSPS) is 33.3. The van der Waals surface area contributed by atoms with Crippen molar-refractivity contribution >= 4 is 0 Å². The van der Waals surface area contributed by atoms with Crippen LogP contribution < -0.4 is 0 Å². The van der Waals surface area contributed by atoms with Crippen LogP contribution in [0.15, 0.2) is 0 Å². The smallest absolute Gasteiger partial charge is 0.0990 e. The largest absolute Gasteiger partial charge is 0.366 e. The molecule has 0 N–H and O–H groups in total. The first-order valence-electron chi connectivity index (χ1n) is 4.29. The Morgan fingerprint density at radius 3 is 2.73 bits per heavy atom. The minimum absolute atomic E-state index is 0.351. The molecule has 2 nitrogen and oxygen atoms in total. The van der Waals surface area contributed by atoms with Crippen LogP contribution in [0.3, 0.4) is 0 Å². The van der Waals surface area contributed by atoms with Crippen molar-refractivity contribution in [1.82, 2.24) is 4.90 Å². The van der Waals surface area contributed by atoms with E-state index in [0.717, 1.165) is 13.3 Å². The summed E-state index contributed by atoms with van der Waals surface area (Å²) in [6.07, 6.45) is 1.23. The van der Waals surface area contributed by atoms with Gasteiger partial charge < -0.3 is 4.74 Å². The molecule has 1 unspecified atom stereocenters. The Labute approximate surface area is 69.5 Å². The van der Waals surface area contributed by atoms with Crippen molar-refractivity contribution in [3.63, 3.8) is 0 Å². The Bertz CT molecular complexity index is 134. The van der Waals surface area contributed by atoms with Crippen LogP contribution in [0.5, 0.6) is 0 Å². The van der Waals surface area contributed by atoms with Gasteiger partial charge in [0.05, 0.1) is 13.3 Å². The molecule has 0 aromatic rings. The number of hydrogen-bond donors (Lipinski definition) is 0. The van der Waals surface area contributed by atoms with E-state index in [9.17, 15) is 0 Å². The molecule has 1 heterocycles. The monoisotopic (exact) mass is 157 g/mol. The van der Waals surface area contributed by atoms with Gasteiger partial charge in [0.2, 0.25) is 0 Å². The summed E-state index contributed by atoms with van der Waals surface area (Å²) in [6.45, 7) is 8.47. The maximum absolute atomic E-state index is 5.52. The van der Waals surface area contributed by atoms with Gasteiger partial charge in [-0.25, -0.2) is 0 Å². The summed E-state index contributed by atoms with van der Waals surface area (Å²) in [7, 11) is 2.12. The van der Waals surface area contributed by atoms with Crippen molar-refractivity contribution < 1.29 is 4.74 Å². The van der Waals surface area contributed by atoms with Crippen molar-refractivity contribution in [2.75, 3.05) is 20.4 Å². The van der Waals surface area contributed by atoms with E-state index in [1.54, 1.807) is 0 Å². The van der Waals surface area contributed by atoms with Crippen molar-refractivity contribution in [3.05, 3.63) is 0 Å². The second kappa shape index (κ2) is 3.11. The number of rotatable bonds is 0. The summed E-state index contributed by atoms with van der Waals surface area (Å²) in [4.78, 5) is 2.26. The minimum Gasteiger partial charge on any atom is -0.366 e. The van der Waals surface area contributed by atoms with Gasteiger partial charge in [-0.15, -0.1) is 0 Å². The topological polar surface area (TPSA) is 12.5 Å². The quantitative estimate of drug-likeness (QED) is 0.531. The molecule has 0 bridgehead atoms. The van der Waals surface area contributed by atoms with E-state index in [4.69, 9.17) is 4.74 Å². The lowest BCUT2D eigenvalue weighted by atomic mass is 9.87. The third-order valence-corrected chi connectivity index (χ3v) is 2.39. The predicted molar refractivity (Wildman–Crippen MR) is 46.4 cm³/mol. The summed E-state index contributed by atoms with van der Waals surface area (Å²) >= 11 is 0. The van der Waals surface area contributed by atoms with Gasteiger partial charge in [0.1, 0.15) is 0 Å². The Kier molecular flexibility index (Phi) is 2.55. The average Bonchev–Trinajstić information content (AvgIpc) is 1.93. The van der Waals surface area contributed by atoms with E-state index in [1.165, 1.54) is 6.42 Å². The molecule has 0 aromatic carbocycles. The predicted octanol–water partition coefficient (Wildman–Crippen LogP) is 1.71. The zero-order valence-electron chi connectivity index (χ0n) is 8.05. The van der Waals surface area contributed by atoms with E-state index < -0.39 is 0 Å². The van der Waals surface area contributed by atoms with Crippen molar-refractivity contribution in [3.8, 4) is 0 Å². The molecule has 1 saturated heterocycles. The van der Waals surface area contributed by atoms with Gasteiger partial charge in [0.25, 0.3) is 0 Å². The minimum atomic E-state index is 0.351. The van der Waals surface area contributed by atoms with Crippen LogP contribution in [0.1, 0.15) is 27.2 Å². The highest BCUT2D eigenvalue weighted by Gasteiger charge is 2.26. The molecule has 1 atom stereocenters. The van der Waals surface area contributed by atoms with E-state index in [2.05, 4.69) is 32.7 Å². The average molecular weight is 157 g/mol. The van der Waals surface area contributed by atoms with Crippen LogP contribution in [0, 0.1) is 5.41 Å². The highest BCUT2D eigenvalue weighted by Crippen LogP contribution is 2.26. The summed E-state index contributed by atoms with van der Waals surface area (Å²) in [5, 5.41) is 0. The Morgan fingerprint density at radius 2 is 2.09 bits per heavy atom. The third-order valence-electron chi connectivity index (χ3n) is 2.39. The van der Waals surface area contributed by atoms with Gasteiger partial charge in [-0.1, -0.05) is 13.8 Å². The summed E-state index contributed by atoms with van der Waals surface area (Å²) < 4.78 is 5.52. The van der Waals surface area contributed by atoms with Gasteiger partial charge >= 0.3 is 0 Å². The molecule has 2 heteroatoms. The molecule has 0 saturated carbocycles. The Hall–Kier alpha value is -0.0800. The SMILES string of the molecule is CC1CC(C)(C)COCN1C. The second-order valence-corrected chi connectivity index (χ2v) is 4.45. The zero-order valence-corrected chi connectivity index (χ0v) is 8.05. The van der Waals surface area contributed by atoms with Crippen LogP contribution in [0.2, 0.25) is 0 Å². The fourth-order valence-corrected chi connectivity index (χ4v) is 1.61. The van der Waals surface area contributed by atoms with E-state index >= 15 is 0 Å². The highest BCUT2D eigenvalue weighted by atomic mass is 16.5. The number of hydrogen-bond acceptors (Lipinski definition) is 2. The third kappa shape index (κ3) is 2.46. The lowest BCUT2D eigenvalue weighted by molar-refractivity contribution is 0.0294. The molecule has 0 spiro atoms. The van der Waals surface area contributed by atoms with Crippen molar-refractivity contribution in [1.29, 1.82) is 0 Å². The van der Waals surface area contributed by atoms with Gasteiger partial charge in [0, 0.05) is 6.04 Å². The summed E-state index contributed by atoms with van der Waals surface area (Å²) in [5.41, 5.74) is 0.351. The maximum atomic E-state index is 5.52. The number of nitrogens with zero attached hydrogens (tertiary/aromatic N) is 1. The molecule has 0 aliphatic carbocycles. The van der Waals surface area contributed by atoms with Gasteiger partial charge in [0.15, 0.2) is 0 Å². The highest BCUT2D eigenvalue weighted by molar-refractivity contribution is 4.77. The van der Waals surface area contributed by atoms with E-state index in [-0.39, 0.29) is 0 Å². The molecule has 11 heavy (non-hydrogen) atoms. The fraction of sp³-hybridized carbons (Fsp3) is 1.00. The van der Waals surface area contributed by atoms with Crippen LogP contribution in [0.4, 0.5) is 0 Å². The molecule has 0 radical (unpaired) electrons. The van der Waals surface area contributed by atoms with Gasteiger partial charge in [-0.05, 0) is 25.8 Å². The van der Waals surface area contributed by atoms with Crippen LogP contribution in [0.25, 0.3) is 0 Å². The maximum Gasteiger partial charge on any atom is 0.0990 e. The zero-order chi connectivity index (χ0) is 8.48. The first-order valence-corrected chi connectivity index (χ1v) is 4.29. The lowest BCUT2D eigenvalue weighted by Gasteiger charge is -2.25. The Balaban J connectivity index is 2.55. The second-order valence-electron chi connectivity index (χ2n) is 4.45. The molecule has 1 fully saturated rings. The van der Waals surface area contributed by atoms with Gasteiger partial charge in [-0.2, -0.15) is 0 Å². The van der Waals surface area contributed by atoms with Crippen LogP contribution >= 0.6 is 0 Å². The standard InChI is InChI=1S/C9H19NO/c1-8-5-9(2,3)6-11-7-10(8)4/h8H,5-7H2,1-4H3. The van der Waals surface area contributed by atoms with E-state index in [1.807, 2.05) is 0 Å². The van der Waals surface area contributed by atoms with Crippen molar-refractivity contribution in [2.45, 2.75) is 33.2 Å². The fourth-order valence-electron chi connectivity index (χ4n) is 1.61. The molecular formula is C9H19NO. The van der Waals surface area contributed by atoms with E-state index in [0.29, 0.717) is 11.5 Å². The van der Waals surface area contributed by atoms with Crippen LogP contribution in [-0.4, -0.2) is 31.3 Å². The molecule has 66 valence electrons. The molecule has 1 aliphatic heterocycles. The molecule has 1 rings (SSSR count). The first kappa shape index (κ1) is 9.01. The van der Waals surface area contributed by atoms with Crippen molar-refractivity contribution in [2.24, 2.45) is 5.41 Å². The molecule has 0 aromatic heterocycles. The molecule has 1 aliphatic rings. The summed E-state index contributed by atoms with van der Waals surface area (Å²) in [6, 6.07) is 0.646. The summed E-state index contributed by atoms with van der Waals surface area (Å²) in [5.74, 6) is 0. The Morgan fingerprint density at radius 1 is 1.45 bits per heavy atom. The number of ether oxygens (including phenoxy) is 1. The molecule has 0 amide bonds.